The molecule has 0 unspecified atom stereocenters. The van der Waals surface area contributed by atoms with E-state index in [1.54, 1.807) is 0 Å². The fraction of sp³-hybridized carbons (Fsp3) is 1.00. The summed E-state index contributed by atoms with van der Waals surface area (Å²) in [7, 11) is 0. The van der Waals surface area contributed by atoms with Gasteiger partial charge < -0.3 is 11.5 Å². The van der Waals surface area contributed by atoms with Crippen molar-refractivity contribution >= 4 is 12.4 Å². The Kier molecular flexibility index (Phi) is 5.04. The third-order valence-electron chi connectivity index (χ3n) is 2.12. The average molecular weight is 165 g/mol. The lowest BCUT2D eigenvalue weighted by Crippen LogP contribution is -2.40. The van der Waals surface area contributed by atoms with Crippen molar-refractivity contribution in [2.75, 3.05) is 0 Å². The van der Waals surface area contributed by atoms with E-state index in [0.717, 1.165) is 12.8 Å². The molecule has 1 saturated carbocycles. The van der Waals surface area contributed by atoms with Gasteiger partial charge in [-0.15, -0.1) is 12.4 Å². The van der Waals surface area contributed by atoms with Crippen LogP contribution in [-0.4, -0.2) is 12.1 Å². The van der Waals surface area contributed by atoms with E-state index < -0.39 is 0 Å². The second-order valence-electron chi connectivity index (χ2n) is 2.97. The summed E-state index contributed by atoms with van der Waals surface area (Å²) in [6.07, 6.45) is 6.12. The molecule has 3 heteroatoms. The maximum atomic E-state index is 5.75. The first-order valence-electron chi connectivity index (χ1n) is 3.82. The summed E-state index contributed by atoms with van der Waals surface area (Å²) in [5.41, 5.74) is 11.5. The molecule has 0 radical (unpaired) electrons. The summed E-state index contributed by atoms with van der Waals surface area (Å²) in [4.78, 5) is 0. The number of rotatable bonds is 0. The van der Waals surface area contributed by atoms with Crippen molar-refractivity contribution in [3.63, 3.8) is 0 Å². The molecule has 4 N–H and O–H groups in total. The molecule has 0 aromatic rings. The van der Waals surface area contributed by atoms with Gasteiger partial charge in [0.05, 0.1) is 0 Å². The minimum absolute atomic E-state index is 0. The van der Waals surface area contributed by atoms with Gasteiger partial charge in [-0.2, -0.15) is 0 Å². The van der Waals surface area contributed by atoms with Crippen LogP contribution in [0, 0.1) is 0 Å². The van der Waals surface area contributed by atoms with Crippen molar-refractivity contribution in [2.45, 2.75) is 44.2 Å². The van der Waals surface area contributed by atoms with Crippen LogP contribution in [0.2, 0.25) is 0 Å². The van der Waals surface area contributed by atoms with E-state index >= 15 is 0 Å². The van der Waals surface area contributed by atoms with E-state index in [4.69, 9.17) is 11.5 Å². The van der Waals surface area contributed by atoms with Crippen molar-refractivity contribution in [2.24, 2.45) is 11.5 Å². The highest BCUT2D eigenvalue weighted by Crippen LogP contribution is 2.14. The standard InChI is InChI=1S/C7H16N2.ClH/c8-6-4-2-1-3-5-7(6)9;/h6-7H,1-5,8-9H2;1H/t6-,7+;. The van der Waals surface area contributed by atoms with Gasteiger partial charge in [0, 0.05) is 12.1 Å². The lowest BCUT2D eigenvalue weighted by molar-refractivity contribution is 0.500. The minimum Gasteiger partial charge on any atom is -0.326 e. The van der Waals surface area contributed by atoms with Gasteiger partial charge in [0.1, 0.15) is 0 Å². The highest BCUT2D eigenvalue weighted by atomic mass is 35.5. The molecule has 0 aromatic heterocycles. The molecule has 0 aromatic carbocycles. The van der Waals surface area contributed by atoms with Gasteiger partial charge in [-0.05, 0) is 12.8 Å². The molecule has 0 amide bonds. The topological polar surface area (TPSA) is 52.0 Å². The zero-order valence-electron chi connectivity index (χ0n) is 6.25. The second kappa shape index (κ2) is 4.94. The number of nitrogens with two attached hydrogens (primary N) is 2. The van der Waals surface area contributed by atoms with Crippen LogP contribution in [0.15, 0.2) is 0 Å². The van der Waals surface area contributed by atoms with Crippen LogP contribution in [0.25, 0.3) is 0 Å². The Morgan fingerprint density at radius 1 is 0.800 bits per heavy atom. The van der Waals surface area contributed by atoms with E-state index in [0.29, 0.717) is 0 Å². The van der Waals surface area contributed by atoms with E-state index in [1.165, 1.54) is 19.3 Å². The van der Waals surface area contributed by atoms with Crippen molar-refractivity contribution in [3.8, 4) is 0 Å². The van der Waals surface area contributed by atoms with Gasteiger partial charge in [0.15, 0.2) is 0 Å². The molecule has 0 saturated heterocycles. The summed E-state index contributed by atoms with van der Waals surface area (Å²) >= 11 is 0. The molecular formula is C7H17ClN2. The van der Waals surface area contributed by atoms with Crippen molar-refractivity contribution < 1.29 is 0 Å². The van der Waals surface area contributed by atoms with E-state index in [-0.39, 0.29) is 24.5 Å². The highest BCUT2D eigenvalue weighted by Gasteiger charge is 2.15. The SMILES string of the molecule is Cl.N[C@@H]1CCCCC[C@@H]1N. The monoisotopic (exact) mass is 164 g/mol. The lowest BCUT2D eigenvalue weighted by atomic mass is 10.1. The molecule has 62 valence electrons. The van der Waals surface area contributed by atoms with Crippen LogP contribution in [0.4, 0.5) is 0 Å². The van der Waals surface area contributed by atoms with E-state index in [1.807, 2.05) is 0 Å². The summed E-state index contributed by atoms with van der Waals surface area (Å²) in [6.45, 7) is 0. The maximum Gasteiger partial charge on any atom is 0.0192 e. The molecule has 0 bridgehead atoms. The summed E-state index contributed by atoms with van der Waals surface area (Å²) in [5, 5.41) is 0. The van der Waals surface area contributed by atoms with Crippen LogP contribution >= 0.6 is 12.4 Å². The first kappa shape index (κ1) is 10.2. The molecule has 2 nitrogen and oxygen atoms in total. The van der Waals surface area contributed by atoms with Crippen molar-refractivity contribution in [1.29, 1.82) is 0 Å². The van der Waals surface area contributed by atoms with Crippen LogP contribution < -0.4 is 11.5 Å². The Bertz CT molecular complexity index is 77.7. The Morgan fingerprint density at radius 2 is 1.20 bits per heavy atom. The summed E-state index contributed by atoms with van der Waals surface area (Å²) in [5.74, 6) is 0. The number of halogens is 1. The van der Waals surface area contributed by atoms with Gasteiger partial charge in [0.2, 0.25) is 0 Å². The first-order valence-corrected chi connectivity index (χ1v) is 3.82. The summed E-state index contributed by atoms with van der Waals surface area (Å²) < 4.78 is 0. The van der Waals surface area contributed by atoms with Gasteiger partial charge in [-0.25, -0.2) is 0 Å². The molecular weight excluding hydrogens is 148 g/mol. The zero-order chi connectivity index (χ0) is 6.69. The number of hydrogen-bond donors (Lipinski definition) is 2. The Hall–Kier alpha value is 0.210. The zero-order valence-corrected chi connectivity index (χ0v) is 7.07. The van der Waals surface area contributed by atoms with E-state index in [2.05, 4.69) is 0 Å². The van der Waals surface area contributed by atoms with Crippen molar-refractivity contribution in [1.82, 2.24) is 0 Å². The molecule has 2 atom stereocenters. The van der Waals surface area contributed by atoms with Gasteiger partial charge in [-0.3, -0.25) is 0 Å². The lowest BCUT2D eigenvalue weighted by Gasteiger charge is -2.14. The fourth-order valence-corrected chi connectivity index (χ4v) is 1.37. The van der Waals surface area contributed by atoms with Gasteiger partial charge >= 0.3 is 0 Å². The maximum absolute atomic E-state index is 5.75. The highest BCUT2D eigenvalue weighted by molar-refractivity contribution is 5.85. The van der Waals surface area contributed by atoms with Crippen LogP contribution in [0.5, 0.6) is 0 Å². The Labute approximate surface area is 68.8 Å². The molecule has 1 fully saturated rings. The molecule has 1 aliphatic carbocycles. The molecule has 0 heterocycles. The predicted molar refractivity (Wildman–Crippen MR) is 46.3 cm³/mol. The number of hydrogen-bond acceptors (Lipinski definition) is 2. The third-order valence-corrected chi connectivity index (χ3v) is 2.12. The fourth-order valence-electron chi connectivity index (χ4n) is 1.37. The molecule has 0 spiro atoms. The molecule has 1 aliphatic rings. The third kappa shape index (κ3) is 2.86. The van der Waals surface area contributed by atoms with Crippen LogP contribution in [-0.2, 0) is 0 Å². The quantitative estimate of drug-likeness (QED) is 0.526. The van der Waals surface area contributed by atoms with E-state index in [9.17, 15) is 0 Å². The van der Waals surface area contributed by atoms with Crippen molar-refractivity contribution in [3.05, 3.63) is 0 Å². The van der Waals surface area contributed by atoms with Gasteiger partial charge in [-0.1, -0.05) is 19.3 Å². The largest absolute Gasteiger partial charge is 0.326 e. The van der Waals surface area contributed by atoms with Crippen LogP contribution in [0.1, 0.15) is 32.1 Å². The average Bonchev–Trinajstić information content (AvgIpc) is 1.99. The second-order valence-corrected chi connectivity index (χ2v) is 2.97. The molecule has 10 heavy (non-hydrogen) atoms. The minimum atomic E-state index is 0. The van der Waals surface area contributed by atoms with Crippen LogP contribution in [0.3, 0.4) is 0 Å². The Morgan fingerprint density at radius 3 is 1.60 bits per heavy atom. The Balaban J connectivity index is 0.000000810. The summed E-state index contributed by atoms with van der Waals surface area (Å²) in [6, 6.07) is 0.542. The predicted octanol–water partition coefficient (Wildman–Crippen LogP) is 1.03. The molecule has 1 rings (SSSR count). The molecule has 0 aliphatic heterocycles. The first-order chi connectivity index (χ1) is 4.30. The smallest absolute Gasteiger partial charge is 0.0192 e. The normalized spacial score (nSPS) is 34.2. The van der Waals surface area contributed by atoms with Gasteiger partial charge in [0.25, 0.3) is 0 Å².